The van der Waals surface area contributed by atoms with Crippen LogP contribution in [0.5, 0.6) is 0 Å². The van der Waals surface area contributed by atoms with E-state index in [4.69, 9.17) is 0 Å². The van der Waals surface area contributed by atoms with Gasteiger partial charge >= 0.3 is 0 Å². The summed E-state index contributed by atoms with van der Waals surface area (Å²) in [5.74, 6) is -0.0928. The van der Waals surface area contributed by atoms with Gasteiger partial charge in [0.2, 0.25) is 6.41 Å². The molecule has 0 aliphatic heterocycles. The number of nitrogens with one attached hydrogen (secondary N) is 2. The third-order valence-electron chi connectivity index (χ3n) is 3.05. The van der Waals surface area contributed by atoms with E-state index in [0.717, 1.165) is 10.9 Å². The first kappa shape index (κ1) is 13.1. The molecule has 0 radical (unpaired) electrons. The van der Waals surface area contributed by atoms with Gasteiger partial charge in [0.15, 0.2) is 0 Å². The number of hydrogen-bond donors (Lipinski definition) is 2. The van der Waals surface area contributed by atoms with Gasteiger partial charge < -0.3 is 15.2 Å². The third-order valence-corrected chi connectivity index (χ3v) is 3.05. The van der Waals surface area contributed by atoms with Gasteiger partial charge in [0.25, 0.3) is 5.91 Å². The predicted octanol–water partition coefficient (Wildman–Crippen LogP) is 1.04. The van der Waals surface area contributed by atoms with Gasteiger partial charge in [-0.1, -0.05) is 18.2 Å². The van der Waals surface area contributed by atoms with Crippen molar-refractivity contribution in [2.24, 2.45) is 7.05 Å². The molecule has 0 bridgehead atoms. The van der Waals surface area contributed by atoms with Gasteiger partial charge in [-0.3, -0.25) is 9.59 Å². The summed E-state index contributed by atoms with van der Waals surface area (Å²) >= 11 is 0. The van der Waals surface area contributed by atoms with Crippen LogP contribution in [0.3, 0.4) is 0 Å². The van der Waals surface area contributed by atoms with Crippen molar-refractivity contribution in [3.8, 4) is 0 Å². The second kappa shape index (κ2) is 6.04. The minimum absolute atomic E-state index is 0.0928. The van der Waals surface area contributed by atoms with E-state index in [0.29, 0.717) is 31.6 Å². The lowest BCUT2D eigenvalue weighted by Crippen LogP contribution is -2.28. The summed E-state index contributed by atoms with van der Waals surface area (Å²) in [4.78, 5) is 22.1. The molecular formula is C14H17N3O2. The van der Waals surface area contributed by atoms with E-state index in [9.17, 15) is 9.59 Å². The quantitative estimate of drug-likeness (QED) is 0.601. The molecule has 0 saturated carbocycles. The largest absolute Gasteiger partial charge is 0.359 e. The lowest BCUT2D eigenvalue weighted by Gasteiger charge is -2.06. The molecule has 2 N–H and O–H groups in total. The van der Waals surface area contributed by atoms with E-state index in [1.165, 1.54) is 0 Å². The van der Waals surface area contributed by atoms with Gasteiger partial charge in [0, 0.05) is 31.0 Å². The average Bonchev–Trinajstić information content (AvgIpc) is 2.76. The molecule has 0 aliphatic carbocycles. The van der Waals surface area contributed by atoms with Crippen LogP contribution in [-0.2, 0) is 11.8 Å². The van der Waals surface area contributed by atoms with Gasteiger partial charge in [-0.05, 0) is 18.6 Å². The van der Waals surface area contributed by atoms with Crippen LogP contribution in [0.25, 0.3) is 10.9 Å². The highest BCUT2D eigenvalue weighted by Gasteiger charge is 2.11. The number of carbonyl (C=O) groups is 2. The number of carbonyl (C=O) groups excluding carboxylic acids is 2. The van der Waals surface area contributed by atoms with Crippen molar-refractivity contribution < 1.29 is 9.59 Å². The average molecular weight is 259 g/mol. The molecule has 2 rings (SSSR count). The van der Waals surface area contributed by atoms with Crippen LogP contribution in [0.1, 0.15) is 16.9 Å². The van der Waals surface area contributed by atoms with E-state index in [-0.39, 0.29) is 5.91 Å². The summed E-state index contributed by atoms with van der Waals surface area (Å²) in [7, 11) is 1.88. The smallest absolute Gasteiger partial charge is 0.267 e. The first-order chi connectivity index (χ1) is 9.24. The molecule has 100 valence electrons. The normalized spacial score (nSPS) is 10.4. The Morgan fingerprint density at radius 2 is 2.11 bits per heavy atom. The Morgan fingerprint density at radius 1 is 1.32 bits per heavy atom. The van der Waals surface area contributed by atoms with Crippen LogP contribution in [-0.4, -0.2) is 30.0 Å². The Hall–Kier alpha value is -2.30. The molecule has 0 saturated heterocycles. The SMILES string of the molecule is Cn1c(C(=O)NCCCNC=O)cc2ccccc21. The van der Waals surface area contributed by atoms with Gasteiger partial charge in [-0.25, -0.2) is 0 Å². The van der Waals surface area contributed by atoms with Crippen LogP contribution in [0.15, 0.2) is 30.3 Å². The number of aromatic nitrogens is 1. The summed E-state index contributed by atoms with van der Waals surface area (Å²) in [6, 6.07) is 9.76. The molecule has 0 spiro atoms. The zero-order valence-corrected chi connectivity index (χ0v) is 10.8. The van der Waals surface area contributed by atoms with Crippen molar-refractivity contribution >= 4 is 23.2 Å². The maximum Gasteiger partial charge on any atom is 0.267 e. The summed E-state index contributed by atoms with van der Waals surface area (Å²) in [6.07, 6.45) is 1.38. The van der Waals surface area contributed by atoms with Crippen molar-refractivity contribution in [1.29, 1.82) is 0 Å². The molecule has 2 amide bonds. The lowest BCUT2D eigenvalue weighted by molar-refractivity contribution is -0.109. The number of hydrogen-bond acceptors (Lipinski definition) is 2. The summed E-state index contributed by atoms with van der Waals surface area (Å²) in [6.45, 7) is 1.11. The minimum atomic E-state index is -0.0928. The van der Waals surface area contributed by atoms with Crippen molar-refractivity contribution in [1.82, 2.24) is 15.2 Å². The highest BCUT2D eigenvalue weighted by atomic mass is 16.2. The molecule has 1 aromatic carbocycles. The topological polar surface area (TPSA) is 63.1 Å². The number of para-hydroxylation sites is 1. The van der Waals surface area contributed by atoms with Crippen molar-refractivity contribution in [2.75, 3.05) is 13.1 Å². The van der Waals surface area contributed by atoms with E-state index < -0.39 is 0 Å². The van der Waals surface area contributed by atoms with Gasteiger partial charge in [-0.2, -0.15) is 0 Å². The van der Waals surface area contributed by atoms with Crippen LogP contribution in [0, 0.1) is 0 Å². The highest BCUT2D eigenvalue weighted by Crippen LogP contribution is 2.17. The third kappa shape index (κ3) is 2.93. The number of fused-ring (bicyclic) bond motifs is 1. The first-order valence-corrected chi connectivity index (χ1v) is 6.23. The number of rotatable bonds is 6. The minimum Gasteiger partial charge on any atom is -0.359 e. The fourth-order valence-electron chi connectivity index (χ4n) is 2.05. The fourth-order valence-corrected chi connectivity index (χ4v) is 2.05. The summed E-state index contributed by atoms with van der Waals surface area (Å²) in [5, 5.41) is 6.46. The van der Waals surface area contributed by atoms with Crippen LogP contribution in [0.2, 0.25) is 0 Å². The fraction of sp³-hybridized carbons (Fsp3) is 0.286. The maximum atomic E-state index is 12.0. The molecule has 0 aliphatic rings. The van der Waals surface area contributed by atoms with Gasteiger partial charge in [-0.15, -0.1) is 0 Å². The van der Waals surface area contributed by atoms with Crippen LogP contribution >= 0.6 is 0 Å². The van der Waals surface area contributed by atoms with E-state index in [2.05, 4.69) is 10.6 Å². The zero-order chi connectivity index (χ0) is 13.7. The lowest BCUT2D eigenvalue weighted by atomic mass is 10.2. The Kier molecular flexibility index (Phi) is 4.18. The maximum absolute atomic E-state index is 12.0. The molecule has 0 fully saturated rings. The summed E-state index contributed by atoms with van der Waals surface area (Å²) < 4.78 is 1.88. The van der Waals surface area contributed by atoms with Crippen LogP contribution < -0.4 is 10.6 Å². The van der Waals surface area contributed by atoms with Gasteiger partial charge in [0.05, 0.1) is 0 Å². The van der Waals surface area contributed by atoms with Crippen molar-refractivity contribution in [3.05, 3.63) is 36.0 Å². The number of aryl methyl sites for hydroxylation is 1. The first-order valence-electron chi connectivity index (χ1n) is 6.23. The molecule has 2 aromatic rings. The number of benzene rings is 1. The Labute approximate surface area is 111 Å². The molecule has 1 heterocycles. The van der Waals surface area contributed by atoms with Crippen molar-refractivity contribution in [3.63, 3.8) is 0 Å². The van der Waals surface area contributed by atoms with E-state index in [1.54, 1.807) is 0 Å². The highest BCUT2D eigenvalue weighted by molar-refractivity contribution is 5.98. The Balaban J connectivity index is 2.01. The molecule has 5 heteroatoms. The standard InChI is InChI=1S/C14H17N3O2/c1-17-12-6-3-2-5-11(12)9-13(17)14(19)16-8-4-7-15-10-18/h2-3,5-6,9-10H,4,7-8H2,1H3,(H,15,18)(H,16,19). The molecule has 0 unspecified atom stereocenters. The molecule has 19 heavy (non-hydrogen) atoms. The Bertz CT molecular complexity index is 589. The van der Waals surface area contributed by atoms with Crippen molar-refractivity contribution in [2.45, 2.75) is 6.42 Å². The van der Waals surface area contributed by atoms with Gasteiger partial charge in [0.1, 0.15) is 5.69 Å². The summed E-state index contributed by atoms with van der Waals surface area (Å²) in [5.41, 5.74) is 1.68. The molecule has 1 aromatic heterocycles. The molecule has 0 atom stereocenters. The Morgan fingerprint density at radius 3 is 2.84 bits per heavy atom. The van der Waals surface area contributed by atoms with Crippen LogP contribution in [0.4, 0.5) is 0 Å². The number of nitrogens with zero attached hydrogens (tertiary/aromatic N) is 1. The second-order valence-corrected chi connectivity index (χ2v) is 4.33. The zero-order valence-electron chi connectivity index (χ0n) is 10.8. The molecule has 5 nitrogen and oxygen atoms in total. The second-order valence-electron chi connectivity index (χ2n) is 4.33. The van der Waals surface area contributed by atoms with E-state index in [1.807, 2.05) is 41.9 Å². The monoisotopic (exact) mass is 259 g/mol. The van der Waals surface area contributed by atoms with E-state index >= 15 is 0 Å². The predicted molar refractivity (Wildman–Crippen MR) is 73.9 cm³/mol. The number of amides is 2. The molecular weight excluding hydrogens is 242 g/mol.